The third-order valence-electron chi connectivity index (χ3n) is 3.68. The number of hydrogen-bond acceptors (Lipinski definition) is 3. The number of hydrogen-bond donors (Lipinski definition) is 0. The topological polar surface area (TPSA) is 21.7 Å². The Labute approximate surface area is 122 Å². The third kappa shape index (κ3) is 4.57. The quantitative estimate of drug-likeness (QED) is 0.743. The normalized spacial score (nSPS) is 20.2. The van der Waals surface area contributed by atoms with Crippen molar-refractivity contribution in [1.29, 1.82) is 0 Å². The molecule has 0 unspecified atom stereocenters. The standard InChI is InChI=1S/C17H25NO2/c1-15-8-7-12-18(14-15)11-5-6-13-20-17-10-4-3-9-16(17)19-2/h3-6,9-10,15H,7-8,11-14H2,1-2H3/b6-5+/t15-/m1/s1. The first-order chi connectivity index (χ1) is 9.79. The maximum absolute atomic E-state index is 5.71. The lowest BCUT2D eigenvalue weighted by atomic mass is 10.0. The van der Waals surface area contributed by atoms with Crippen molar-refractivity contribution in [2.45, 2.75) is 19.8 Å². The molecule has 0 amide bonds. The Kier molecular flexibility index (Phi) is 5.93. The fraction of sp³-hybridized carbons (Fsp3) is 0.529. The molecule has 1 atom stereocenters. The summed E-state index contributed by atoms with van der Waals surface area (Å²) in [4.78, 5) is 2.51. The Balaban J connectivity index is 1.71. The van der Waals surface area contributed by atoms with E-state index in [0.717, 1.165) is 24.0 Å². The molecule has 20 heavy (non-hydrogen) atoms. The molecule has 3 nitrogen and oxygen atoms in total. The average Bonchev–Trinajstić information content (AvgIpc) is 2.47. The number of ether oxygens (including phenoxy) is 2. The highest BCUT2D eigenvalue weighted by molar-refractivity contribution is 5.39. The molecule has 110 valence electrons. The summed E-state index contributed by atoms with van der Waals surface area (Å²) in [6, 6.07) is 7.74. The summed E-state index contributed by atoms with van der Waals surface area (Å²) in [5.74, 6) is 2.42. The molecule has 0 bridgehead atoms. The number of likely N-dealkylation sites (tertiary alicyclic amines) is 1. The minimum Gasteiger partial charge on any atom is -0.493 e. The number of benzene rings is 1. The average molecular weight is 275 g/mol. The van der Waals surface area contributed by atoms with Crippen molar-refractivity contribution in [1.82, 2.24) is 4.90 Å². The van der Waals surface area contributed by atoms with E-state index >= 15 is 0 Å². The smallest absolute Gasteiger partial charge is 0.161 e. The molecule has 1 aliphatic heterocycles. The number of methoxy groups -OCH3 is 1. The molecule has 1 aliphatic rings. The van der Waals surface area contributed by atoms with Crippen molar-refractivity contribution in [2.24, 2.45) is 5.92 Å². The van der Waals surface area contributed by atoms with E-state index in [4.69, 9.17) is 9.47 Å². The van der Waals surface area contributed by atoms with Gasteiger partial charge in [0.1, 0.15) is 6.61 Å². The van der Waals surface area contributed by atoms with Gasteiger partial charge in [-0.3, -0.25) is 4.90 Å². The molecule has 0 N–H and O–H groups in total. The summed E-state index contributed by atoms with van der Waals surface area (Å²) < 4.78 is 11.0. The summed E-state index contributed by atoms with van der Waals surface area (Å²) >= 11 is 0. The van der Waals surface area contributed by atoms with Crippen molar-refractivity contribution < 1.29 is 9.47 Å². The van der Waals surface area contributed by atoms with Crippen LogP contribution in [0, 0.1) is 5.92 Å². The van der Waals surface area contributed by atoms with Crippen LogP contribution in [0.5, 0.6) is 11.5 Å². The van der Waals surface area contributed by atoms with Crippen molar-refractivity contribution in [3.63, 3.8) is 0 Å². The molecular weight excluding hydrogens is 250 g/mol. The van der Waals surface area contributed by atoms with Gasteiger partial charge >= 0.3 is 0 Å². The second-order valence-electron chi connectivity index (χ2n) is 5.44. The Hall–Kier alpha value is -1.48. The van der Waals surface area contributed by atoms with Gasteiger partial charge in [-0.2, -0.15) is 0 Å². The van der Waals surface area contributed by atoms with Gasteiger partial charge in [0.25, 0.3) is 0 Å². The molecule has 0 saturated carbocycles. The predicted molar refractivity (Wildman–Crippen MR) is 82.5 cm³/mol. The summed E-state index contributed by atoms with van der Waals surface area (Å²) in [6.07, 6.45) is 6.99. The van der Waals surface area contributed by atoms with Crippen LogP contribution in [-0.2, 0) is 0 Å². The minimum atomic E-state index is 0.587. The first-order valence-electron chi connectivity index (χ1n) is 7.42. The highest BCUT2D eigenvalue weighted by Gasteiger charge is 2.14. The first-order valence-corrected chi connectivity index (χ1v) is 7.42. The molecule has 1 fully saturated rings. The largest absolute Gasteiger partial charge is 0.493 e. The van der Waals surface area contributed by atoms with Gasteiger partial charge in [-0.05, 0) is 37.4 Å². The maximum atomic E-state index is 5.71. The number of rotatable bonds is 6. The van der Waals surface area contributed by atoms with Crippen molar-refractivity contribution in [2.75, 3.05) is 33.4 Å². The van der Waals surface area contributed by atoms with Crippen LogP contribution in [0.2, 0.25) is 0 Å². The van der Waals surface area contributed by atoms with E-state index in [1.54, 1.807) is 7.11 Å². The third-order valence-corrected chi connectivity index (χ3v) is 3.68. The van der Waals surface area contributed by atoms with Gasteiger partial charge in [0, 0.05) is 13.1 Å². The zero-order chi connectivity index (χ0) is 14.2. The predicted octanol–water partition coefficient (Wildman–Crippen LogP) is 3.36. The highest BCUT2D eigenvalue weighted by Crippen LogP contribution is 2.25. The van der Waals surface area contributed by atoms with E-state index in [1.165, 1.54) is 25.9 Å². The van der Waals surface area contributed by atoms with Crippen molar-refractivity contribution >= 4 is 0 Å². The maximum Gasteiger partial charge on any atom is 0.161 e. The second kappa shape index (κ2) is 7.95. The summed E-state index contributed by atoms with van der Waals surface area (Å²) in [5.41, 5.74) is 0. The number of piperidine rings is 1. The molecule has 0 spiro atoms. The van der Waals surface area contributed by atoms with E-state index in [1.807, 2.05) is 24.3 Å². The van der Waals surface area contributed by atoms with Crippen LogP contribution in [0.25, 0.3) is 0 Å². The Morgan fingerprint density at radius 3 is 2.80 bits per heavy atom. The molecule has 2 rings (SSSR count). The monoisotopic (exact) mass is 275 g/mol. The van der Waals surface area contributed by atoms with Gasteiger partial charge < -0.3 is 9.47 Å². The lowest BCUT2D eigenvalue weighted by Gasteiger charge is -2.29. The zero-order valence-electron chi connectivity index (χ0n) is 12.5. The Bertz CT molecular complexity index is 431. The molecule has 3 heteroatoms. The van der Waals surface area contributed by atoms with Gasteiger partial charge in [0.05, 0.1) is 7.11 Å². The highest BCUT2D eigenvalue weighted by atomic mass is 16.5. The molecule has 0 aromatic heterocycles. The lowest BCUT2D eigenvalue weighted by molar-refractivity contribution is 0.201. The Morgan fingerprint density at radius 2 is 2.05 bits per heavy atom. The second-order valence-corrected chi connectivity index (χ2v) is 5.44. The molecule has 0 aliphatic carbocycles. The van der Waals surface area contributed by atoms with Crippen LogP contribution in [-0.4, -0.2) is 38.3 Å². The molecule has 0 radical (unpaired) electrons. The van der Waals surface area contributed by atoms with Crippen molar-refractivity contribution in [3.8, 4) is 11.5 Å². The van der Waals surface area contributed by atoms with Gasteiger partial charge in [0.15, 0.2) is 11.5 Å². The molecule has 1 aromatic rings. The van der Waals surface area contributed by atoms with Crippen LogP contribution in [0.3, 0.4) is 0 Å². The van der Waals surface area contributed by atoms with Gasteiger partial charge in [-0.25, -0.2) is 0 Å². The van der Waals surface area contributed by atoms with Crippen LogP contribution < -0.4 is 9.47 Å². The summed E-state index contributed by atoms with van der Waals surface area (Å²) in [7, 11) is 1.66. The van der Waals surface area contributed by atoms with Crippen LogP contribution in [0.15, 0.2) is 36.4 Å². The minimum absolute atomic E-state index is 0.587. The Morgan fingerprint density at radius 1 is 1.25 bits per heavy atom. The lowest BCUT2D eigenvalue weighted by Crippen LogP contribution is -2.34. The fourth-order valence-corrected chi connectivity index (χ4v) is 2.62. The van der Waals surface area contributed by atoms with Crippen LogP contribution >= 0.6 is 0 Å². The summed E-state index contributed by atoms with van der Waals surface area (Å²) in [6.45, 7) is 6.39. The zero-order valence-corrected chi connectivity index (χ0v) is 12.5. The molecule has 1 saturated heterocycles. The van der Waals surface area contributed by atoms with E-state index < -0.39 is 0 Å². The molecular formula is C17H25NO2. The van der Waals surface area contributed by atoms with Crippen LogP contribution in [0.4, 0.5) is 0 Å². The van der Waals surface area contributed by atoms with E-state index in [9.17, 15) is 0 Å². The van der Waals surface area contributed by atoms with Crippen molar-refractivity contribution in [3.05, 3.63) is 36.4 Å². The van der Waals surface area contributed by atoms with Crippen LogP contribution in [0.1, 0.15) is 19.8 Å². The number of para-hydroxylation sites is 2. The van der Waals surface area contributed by atoms with E-state index in [0.29, 0.717) is 6.61 Å². The van der Waals surface area contributed by atoms with Gasteiger partial charge in [0.2, 0.25) is 0 Å². The molecule has 1 heterocycles. The van der Waals surface area contributed by atoms with E-state index in [2.05, 4.69) is 24.0 Å². The number of nitrogens with zero attached hydrogens (tertiary/aromatic N) is 1. The van der Waals surface area contributed by atoms with Gasteiger partial charge in [-0.1, -0.05) is 31.2 Å². The summed E-state index contributed by atoms with van der Waals surface area (Å²) in [5, 5.41) is 0. The molecule has 1 aromatic carbocycles. The van der Waals surface area contributed by atoms with E-state index in [-0.39, 0.29) is 0 Å². The fourth-order valence-electron chi connectivity index (χ4n) is 2.62. The van der Waals surface area contributed by atoms with Gasteiger partial charge in [-0.15, -0.1) is 0 Å². The first kappa shape index (κ1) is 14.9. The SMILES string of the molecule is COc1ccccc1OC/C=C/CN1CCC[C@@H](C)C1.